The third-order valence-electron chi connectivity index (χ3n) is 4.86. The Balaban J connectivity index is 1.84. The Bertz CT molecular complexity index is 633. The highest BCUT2D eigenvalue weighted by Gasteiger charge is 2.44. The highest BCUT2D eigenvalue weighted by Crippen LogP contribution is 2.48. The minimum atomic E-state index is 0.418. The summed E-state index contributed by atoms with van der Waals surface area (Å²) >= 11 is 0. The van der Waals surface area contributed by atoms with Crippen molar-refractivity contribution in [1.82, 2.24) is 4.90 Å². The van der Waals surface area contributed by atoms with Gasteiger partial charge in [0.1, 0.15) is 0 Å². The van der Waals surface area contributed by atoms with Crippen LogP contribution in [0, 0.1) is 0 Å². The summed E-state index contributed by atoms with van der Waals surface area (Å²) in [7, 11) is 4.34. The molecule has 0 bridgehead atoms. The molecule has 0 aromatic heterocycles. The second-order valence-corrected chi connectivity index (χ2v) is 7.38. The van der Waals surface area contributed by atoms with Crippen LogP contribution in [0.4, 0.5) is 0 Å². The molecule has 1 aliphatic rings. The average molecular weight is 293 g/mol. The van der Waals surface area contributed by atoms with Gasteiger partial charge in [-0.3, -0.25) is 0 Å². The van der Waals surface area contributed by atoms with Gasteiger partial charge >= 0.3 is 0 Å². The van der Waals surface area contributed by atoms with Crippen LogP contribution in [0.1, 0.15) is 43.7 Å². The number of benzene rings is 2. The van der Waals surface area contributed by atoms with Gasteiger partial charge in [0.15, 0.2) is 0 Å². The molecular weight excluding hydrogens is 266 g/mol. The van der Waals surface area contributed by atoms with E-state index in [1.807, 2.05) is 0 Å². The first kappa shape index (κ1) is 15.3. The number of rotatable bonds is 5. The topological polar surface area (TPSA) is 3.24 Å². The van der Waals surface area contributed by atoms with E-state index >= 15 is 0 Å². The monoisotopic (exact) mass is 293 g/mol. The molecule has 1 heteroatoms. The number of nitrogens with zero attached hydrogens (tertiary/aromatic N) is 1. The second kappa shape index (κ2) is 5.89. The zero-order valence-electron chi connectivity index (χ0n) is 14.3. The summed E-state index contributed by atoms with van der Waals surface area (Å²) in [6.45, 7) is 5.66. The highest BCUT2D eigenvalue weighted by molar-refractivity contribution is 5.65. The lowest BCUT2D eigenvalue weighted by Crippen LogP contribution is -2.25. The molecule has 0 heterocycles. The molecule has 22 heavy (non-hydrogen) atoms. The van der Waals surface area contributed by atoms with Gasteiger partial charge in [0.25, 0.3) is 0 Å². The van der Waals surface area contributed by atoms with Crippen molar-refractivity contribution in [1.29, 1.82) is 0 Å². The van der Waals surface area contributed by atoms with E-state index in [1.54, 1.807) is 0 Å². The summed E-state index contributed by atoms with van der Waals surface area (Å²) in [6.07, 6.45) is 2.65. The van der Waals surface area contributed by atoms with Gasteiger partial charge in [-0.05, 0) is 55.1 Å². The summed E-state index contributed by atoms with van der Waals surface area (Å²) in [6, 6.07) is 18.2. The van der Waals surface area contributed by atoms with E-state index in [-0.39, 0.29) is 0 Å². The molecule has 0 saturated heterocycles. The van der Waals surface area contributed by atoms with Crippen LogP contribution in [0.25, 0.3) is 11.1 Å². The standard InChI is InChI=1S/C21H27N/c1-16(2)18-6-5-7-19(14-18)17-8-10-20(11-9-17)21(12-13-21)15-22(3)4/h5-11,14,16H,12-13,15H2,1-4H3. The lowest BCUT2D eigenvalue weighted by atomic mass is 9.92. The first-order valence-corrected chi connectivity index (χ1v) is 8.36. The molecule has 0 unspecified atom stereocenters. The van der Waals surface area contributed by atoms with Gasteiger partial charge in [-0.25, -0.2) is 0 Å². The molecule has 2 aromatic rings. The molecule has 3 rings (SSSR count). The molecule has 116 valence electrons. The predicted molar refractivity (Wildman–Crippen MR) is 95.4 cm³/mol. The molecule has 1 aliphatic carbocycles. The first-order chi connectivity index (χ1) is 10.5. The molecule has 0 atom stereocenters. The van der Waals surface area contributed by atoms with E-state index in [4.69, 9.17) is 0 Å². The van der Waals surface area contributed by atoms with Crippen LogP contribution >= 0.6 is 0 Å². The minimum Gasteiger partial charge on any atom is -0.309 e. The Morgan fingerprint density at radius 2 is 1.64 bits per heavy atom. The fourth-order valence-corrected chi connectivity index (χ4v) is 3.39. The zero-order valence-corrected chi connectivity index (χ0v) is 14.3. The largest absolute Gasteiger partial charge is 0.309 e. The SMILES string of the molecule is CC(C)c1cccc(-c2ccc(C3(CN(C)C)CC3)cc2)c1. The van der Waals surface area contributed by atoms with Crippen LogP contribution in [-0.4, -0.2) is 25.5 Å². The lowest BCUT2D eigenvalue weighted by Gasteiger charge is -2.21. The molecule has 1 nitrogen and oxygen atoms in total. The summed E-state index contributed by atoms with van der Waals surface area (Å²) in [5, 5.41) is 0. The number of hydrogen-bond acceptors (Lipinski definition) is 1. The van der Waals surface area contributed by atoms with Crippen molar-refractivity contribution in [2.24, 2.45) is 0 Å². The third-order valence-corrected chi connectivity index (χ3v) is 4.86. The fourth-order valence-electron chi connectivity index (χ4n) is 3.39. The molecule has 1 saturated carbocycles. The van der Waals surface area contributed by atoms with E-state index in [0.29, 0.717) is 11.3 Å². The van der Waals surface area contributed by atoms with Gasteiger partial charge < -0.3 is 4.90 Å². The maximum absolute atomic E-state index is 2.34. The van der Waals surface area contributed by atoms with Crippen molar-refractivity contribution in [2.45, 2.75) is 38.0 Å². The Kier molecular flexibility index (Phi) is 4.10. The Morgan fingerprint density at radius 3 is 2.18 bits per heavy atom. The van der Waals surface area contributed by atoms with E-state index in [2.05, 4.69) is 81.4 Å². The molecule has 0 amide bonds. The van der Waals surface area contributed by atoms with Crippen molar-refractivity contribution < 1.29 is 0 Å². The maximum atomic E-state index is 2.34. The third kappa shape index (κ3) is 3.10. The Labute approximate surface area is 135 Å². The quantitative estimate of drug-likeness (QED) is 0.744. The van der Waals surface area contributed by atoms with Gasteiger partial charge in [0.05, 0.1) is 0 Å². The van der Waals surface area contributed by atoms with Crippen LogP contribution in [0.15, 0.2) is 48.5 Å². The van der Waals surface area contributed by atoms with Crippen molar-refractivity contribution in [2.75, 3.05) is 20.6 Å². The van der Waals surface area contributed by atoms with Gasteiger partial charge in [0.2, 0.25) is 0 Å². The van der Waals surface area contributed by atoms with E-state index in [9.17, 15) is 0 Å². The Morgan fingerprint density at radius 1 is 0.955 bits per heavy atom. The molecule has 2 aromatic carbocycles. The minimum absolute atomic E-state index is 0.418. The molecule has 0 aliphatic heterocycles. The van der Waals surface area contributed by atoms with E-state index in [1.165, 1.54) is 35.1 Å². The normalized spacial score (nSPS) is 16.3. The van der Waals surface area contributed by atoms with Crippen LogP contribution < -0.4 is 0 Å². The van der Waals surface area contributed by atoms with E-state index < -0.39 is 0 Å². The summed E-state index contributed by atoms with van der Waals surface area (Å²) < 4.78 is 0. The molecular formula is C21H27N. The molecule has 0 N–H and O–H groups in total. The number of likely N-dealkylation sites (N-methyl/N-ethyl adjacent to an activating group) is 1. The smallest absolute Gasteiger partial charge is 0.00807 e. The predicted octanol–water partition coefficient (Wildman–Crippen LogP) is 5.07. The summed E-state index contributed by atoms with van der Waals surface area (Å²) in [5.74, 6) is 0.578. The van der Waals surface area contributed by atoms with Crippen LogP contribution in [0.2, 0.25) is 0 Å². The second-order valence-electron chi connectivity index (χ2n) is 7.38. The van der Waals surface area contributed by atoms with Crippen LogP contribution in [0.5, 0.6) is 0 Å². The molecule has 0 radical (unpaired) electrons. The van der Waals surface area contributed by atoms with Gasteiger partial charge in [0, 0.05) is 12.0 Å². The zero-order chi connectivity index (χ0) is 15.7. The fraction of sp³-hybridized carbons (Fsp3) is 0.429. The van der Waals surface area contributed by atoms with Gasteiger partial charge in [-0.1, -0.05) is 62.4 Å². The molecule has 0 spiro atoms. The highest BCUT2D eigenvalue weighted by atomic mass is 15.1. The van der Waals surface area contributed by atoms with Gasteiger partial charge in [-0.2, -0.15) is 0 Å². The van der Waals surface area contributed by atoms with E-state index in [0.717, 1.165) is 6.54 Å². The van der Waals surface area contributed by atoms with Gasteiger partial charge in [-0.15, -0.1) is 0 Å². The molecule has 1 fully saturated rings. The average Bonchev–Trinajstić information content (AvgIpc) is 3.27. The van der Waals surface area contributed by atoms with Crippen molar-refractivity contribution in [3.8, 4) is 11.1 Å². The van der Waals surface area contributed by atoms with Crippen molar-refractivity contribution in [3.05, 3.63) is 59.7 Å². The summed E-state index contributed by atoms with van der Waals surface area (Å²) in [4.78, 5) is 2.31. The lowest BCUT2D eigenvalue weighted by molar-refractivity contribution is 0.362. The van der Waals surface area contributed by atoms with Crippen LogP contribution in [-0.2, 0) is 5.41 Å². The maximum Gasteiger partial charge on any atom is 0.00807 e. The summed E-state index contributed by atoms with van der Waals surface area (Å²) in [5.41, 5.74) is 5.99. The van der Waals surface area contributed by atoms with Crippen molar-refractivity contribution >= 4 is 0 Å². The Hall–Kier alpha value is -1.60. The first-order valence-electron chi connectivity index (χ1n) is 8.36. The number of hydrogen-bond donors (Lipinski definition) is 0. The van der Waals surface area contributed by atoms with Crippen molar-refractivity contribution in [3.63, 3.8) is 0 Å². The van der Waals surface area contributed by atoms with Crippen LogP contribution in [0.3, 0.4) is 0 Å².